The molecule has 0 aromatic carbocycles. The summed E-state index contributed by atoms with van der Waals surface area (Å²) in [5.74, 6) is 0.674. The fourth-order valence-corrected chi connectivity index (χ4v) is 7.41. The summed E-state index contributed by atoms with van der Waals surface area (Å²) in [6.07, 6.45) is 7.75. The van der Waals surface area contributed by atoms with E-state index in [0.29, 0.717) is 24.2 Å². The third kappa shape index (κ3) is 2.89. The Morgan fingerprint density at radius 2 is 1.86 bits per heavy atom. The molecule has 4 rings (SSSR count). The van der Waals surface area contributed by atoms with Crippen LogP contribution in [-0.4, -0.2) is 28.9 Å². The number of aliphatic hydroxyl groups is 1. The van der Waals surface area contributed by atoms with Crippen molar-refractivity contribution in [2.45, 2.75) is 78.4 Å². The van der Waals surface area contributed by atoms with Crippen LogP contribution in [0.4, 0.5) is 0 Å². The van der Waals surface area contributed by atoms with Crippen molar-refractivity contribution in [2.75, 3.05) is 0 Å². The van der Waals surface area contributed by atoms with E-state index in [2.05, 4.69) is 13.8 Å². The SMILES string of the molecule is CC(=O)OC(O)C(=O)[C@H]1CC[C@H]2[C@@H]3CCC4=CC(=O)CC[C@]4(C)[C@H]3CC[C@]12C. The van der Waals surface area contributed by atoms with E-state index >= 15 is 0 Å². The molecule has 3 saturated carbocycles. The highest BCUT2D eigenvalue weighted by Gasteiger charge is 2.60. The minimum atomic E-state index is -1.64. The molecule has 1 N–H and O–H groups in total. The van der Waals surface area contributed by atoms with Gasteiger partial charge < -0.3 is 9.84 Å². The Morgan fingerprint density at radius 3 is 2.57 bits per heavy atom. The molecule has 0 heterocycles. The van der Waals surface area contributed by atoms with Gasteiger partial charge in [-0.2, -0.15) is 0 Å². The summed E-state index contributed by atoms with van der Waals surface area (Å²) in [6, 6.07) is 0. The number of allylic oxidation sites excluding steroid dienone is 1. The zero-order chi connectivity index (χ0) is 20.3. The Labute approximate surface area is 166 Å². The van der Waals surface area contributed by atoms with Crippen LogP contribution in [0.25, 0.3) is 0 Å². The highest BCUT2D eigenvalue weighted by atomic mass is 16.6. The quantitative estimate of drug-likeness (QED) is 0.590. The average molecular weight is 389 g/mol. The summed E-state index contributed by atoms with van der Waals surface area (Å²) < 4.78 is 4.78. The van der Waals surface area contributed by atoms with Crippen molar-refractivity contribution in [1.29, 1.82) is 0 Å². The number of hydrogen-bond acceptors (Lipinski definition) is 5. The first-order valence-electron chi connectivity index (χ1n) is 10.8. The van der Waals surface area contributed by atoms with Crippen molar-refractivity contribution < 1.29 is 24.2 Å². The predicted molar refractivity (Wildman–Crippen MR) is 103 cm³/mol. The van der Waals surface area contributed by atoms with Crippen LogP contribution in [0.5, 0.6) is 0 Å². The van der Waals surface area contributed by atoms with Crippen molar-refractivity contribution in [3.05, 3.63) is 11.6 Å². The Balaban J connectivity index is 1.57. The molecule has 0 aromatic heterocycles. The van der Waals surface area contributed by atoms with E-state index in [9.17, 15) is 19.5 Å². The van der Waals surface area contributed by atoms with Gasteiger partial charge in [0.1, 0.15) is 0 Å². The van der Waals surface area contributed by atoms with Crippen molar-refractivity contribution in [3.8, 4) is 0 Å². The number of carbonyl (C=O) groups is 3. The largest absolute Gasteiger partial charge is 0.428 e. The van der Waals surface area contributed by atoms with E-state index in [1.165, 1.54) is 12.5 Å². The number of ketones is 2. The summed E-state index contributed by atoms with van der Waals surface area (Å²) in [5.41, 5.74) is 1.34. The fourth-order valence-electron chi connectivity index (χ4n) is 7.41. The molecular weight excluding hydrogens is 356 g/mol. The zero-order valence-electron chi connectivity index (χ0n) is 17.2. The molecule has 7 atom stereocenters. The molecule has 5 heteroatoms. The lowest BCUT2D eigenvalue weighted by Gasteiger charge is -2.58. The second kappa shape index (κ2) is 6.79. The van der Waals surface area contributed by atoms with Gasteiger partial charge in [-0.1, -0.05) is 19.4 Å². The van der Waals surface area contributed by atoms with Crippen LogP contribution < -0.4 is 0 Å². The molecule has 4 aliphatic rings. The molecule has 4 aliphatic carbocycles. The van der Waals surface area contributed by atoms with E-state index in [1.54, 1.807) is 0 Å². The number of Topliss-reactive ketones (excluding diaryl/α,β-unsaturated/α-hetero) is 1. The topological polar surface area (TPSA) is 80.7 Å². The molecule has 0 radical (unpaired) electrons. The van der Waals surface area contributed by atoms with Gasteiger partial charge >= 0.3 is 5.97 Å². The molecule has 0 saturated heterocycles. The van der Waals surface area contributed by atoms with Crippen molar-refractivity contribution in [1.82, 2.24) is 0 Å². The van der Waals surface area contributed by atoms with Gasteiger partial charge in [0.05, 0.1) is 0 Å². The summed E-state index contributed by atoms with van der Waals surface area (Å²) in [7, 11) is 0. The van der Waals surface area contributed by atoms with Crippen LogP contribution in [-0.2, 0) is 19.1 Å². The van der Waals surface area contributed by atoms with E-state index in [1.807, 2.05) is 6.08 Å². The Kier molecular flexibility index (Phi) is 4.80. The molecular formula is C23H32O5. The van der Waals surface area contributed by atoms with Crippen LogP contribution in [0.15, 0.2) is 11.6 Å². The molecule has 154 valence electrons. The molecule has 5 nitrogen and oxygen atoms in total. The molecule has 0 aliphatic heterocycles. The first kappa shape index (κ1) is 19.8. The first-order chi connectivity index (χ1) is 13.2. The smallest absolute Gasteiger partial charge is 0.305 e. The molecule has 3 fully saturated rings. The standard InChI is InChI=1S/C23H32O5/c1-13(24)28-21(27)20(26)19-7-6-17-16-5-4-14-12-15(25)8-10-22(14,2)18(16)9-11-23(17,19)3/h12,16-19,21,27H,4-11H2,1-3H3/t16-,17-,18-,19+,21?,22-,23-/m0/s1. The minimum absolute atomic E-state index is 0.123. The maximum absolute atomic E-state index is 12.9. The second-order valence-electron chi connectivity index (χ2n) is 10.0. The number of aliphatic hydroxyl groups excluding tert-OH is 1. The van der Waals surface area contributed by atoms with Gasteiger partial charge in [0, 0.05) is 19.3 Å². The number of hydrogen-bond donors (Lipinski definition) is 1. The van der Waals surface area contributed by atoms with Gasteiger partial charge in [0.2, 0.25) is 5.78 Å². The summed E-state index contributed by atoms with van der Waals surface area (Å²) in [5, 5.41) is 10.1. The van der Waals surface area contributed by atoms with Gasteiger partial charge in [-0.25, -0.2) is 0 Å². The minimum Gasteiger partial charge on any atom is -0.428 e. The monoisotopic (exact) mass is 388 g/mol. The first-order valence-corrected chi connectivity index (χ1v) is 10.8. The lowest BCUT2D eigenvalue weighted by molar-refractivity contribution is -0.178. The summed E-state index contributed by atoms with van der Waals surface area (Å²) in [4.78, 5) is 35.9. The van der Waals surface area contributed by atoms with Crippen molar-refractivity contribution >= 4 is 17.5 Å². The van der Waals surface area contributed by atoms with Crippen molar-refractivity contribution in [2.24, 2.45) is 34.5 Å². The highest BCUT2D eigenvalue weighted by Crippen LogP contribution is 2.66. The lowest BCUT2D eigenvalue weighted by Crippen LogP contribution is -2.51. The van der Waals surface area contributed by atoms with Gasteiger partial charge in [0.15, 0.2) is 5.78 Å². The Hall–Kier alpha value is -1.49. The fraction of sp³-hybridized carbons (Fsp3) is 0.783. The zero-order valence-corrected chi connectivity index (χ0v) is 17.2. The Bertz CT molecular complexity index is 739. The molecule has 0 spiro atoms. The average Bonchev–Trinajstić information content (AvgIpc) is 2.98. The molecule has 0 amide bonds. The van der Waals surface area contributed by atoms with Crippen LogP contribution in [0, 0.1) is 34.5 Å². The van der Waals surface area contributed by atoms with Crippen LogP contribution in [0.3, 0.4) is 0 Å². The van der Waals surface area contributed by atoms with E-state index in [0.717, 1.165) is 44.9 Å². The number of fused-ring (bicyclic) bond motifs is 5. The third-order valence-corrected chi connectivity index (χ3v) is 8.83. The second-order valence-corrected chi connectivity index (χ2v) is 10.0. The highest BCUT2D eigenvalue weighted by molar-refractivity contribution is 5.91. The van der Waals surface area contributed by atoms with Crippen LogP contribution in [0.2, 0.25) is 0 Å². The number of rotatable bonds is 3. The van der Waals surface area contributed by atoms with Gasteiger partial charge in [-0.05, 0) is 79.6 Å². The van der Waals surface area contributed by atoms with E-state index in [4.69, 9.17) is 4.74 Å². The third-order valence-electron chi connectivity index (χ3n) is 8.83. The molecule has 0 bridgehead atoms. The van der Waals surface area contributed by atoms with Crippen LogP contribution >= 0.6 is 0 Å². The molecule has 1 unspecified atom stereocenters. The summed E-state index contributed by atoms with van der Waals surface area (Å²) >= 11 is 0. The van der Waals surface area contributed by atoms with E-state index in [-0.39, 0.29) is 28.3 Å². The number of ether oxygens (including phenoxy) is 1. The molecule has 0 aromatic rings. The maximum Gasteiger partial charge on any atom is 0.305 e. The van der Waals surface area contributed by atoms with Gasteiger partial charge in [-0.15, -0.1) is 0 Å². The van der Waals surface area contributed by atoms with Crippen molar-refractivity contribution in [3.63, 3.8) is 0 Å². The maximum atomic E-state index is 12.9. The lowest BCUT2D eigenvalue weighted by atomic mass is 9.46. The predicted octanol–water partition coefficient (Wildman–Crippen LogP) is 3.59. The van der Waals surface area contributed by atoms with Crippen LogP contribution in [0.1, 0.15) is 72.1 Å². The van der Waals surface area contributed by atoms with Gasteiger partial charge in [-0.3, -0.25) is 14.4 Å². The van der Waals surface area contributed by atoms with E-state index < -0.39 is 12.3 Å². The normalized spacial score (nSPS) is 43.3. The molecule has 28 heavy (non-hydrogen) atoms. The summed E-state index contributed by atoms with van der Waals surface area (Å²) in [6.45, 7) is 5.78. The van der Waals surface area contributed by atoms with Gasteiger partial charge in [0.25, 0.3) is 6.29 Å². The number of esters is 1. The Morgan fingerprint density at radius 1 is 1.11 bits per heavy atom. The number of carbonyl (C=O) groups excluding carboxylic acids is 3.